The third-order valence-corrected chi connectivity index (χ3v) is 6.73. The maximum Gasteiger partial charge on any atom is 0.321 e. The number of para-hydroxylation sites is 1. The van der Waals surface area contributed by atoms with Crippen molar-refractivity contribution in [2.24, 2.45) is 0 Å². The molecule has 1 aliphatic rings. The predicted molar refractivity (Wildman–Crippen MR) is 152 cm³/mol. The van der Waals surface area contributed by atoms with Crippen molar-refractivity contribution in [3.63, 3.8) is 0 Å². The van der Waals surface area contributed by atoms with Crippen molar-refractivity contribution in [3.8, 4) is 11.7 Å². The molecule has 1 unspecified atom stereocenters. The van der Waals surface area contributed by atoms with Gasteiger partial charge in [-0.25, -0.2) is 14.8 Å². The molecule has 1 saturated heterocycles. The van der Waals surface area contributed by atoms with E-state index in [1.54, 1.807) is 41.4 Å². The van der Waals surface area contributed by atoms with Crippen molar-refractivity contribution in [2.75, 3.05) is 37.0 Å². The number of benzene rings is 2. The minimum absolute atomic E-state index is 0.140. The first-order chi connectivity index (χ1) is 19.5. The van der Waals surface area contributed by atoms with Crippen LogP contribution in [0.2, 0.25) is 5.15 Å². The molecule has 2 N–H and O–H groups in total. The lowest BCUT2D eigenvalue weighted by Gasteiger charge is -2.42. The van der Waals surface area contributed by atoms with Gasteiger partial charge in [-0.1, -0.05) is 41.9 Å². The summed E-state index contributed by atoms with van der Waals surface area (Å²) in [7, 11) is 1.60. The number of urea groups is 1. The Bertz CT molecular complexity index is 1450. The second kappa shape index (κ2) is 12.5. The van der Waals surface area contributed by atoms with Crippen LogP contribution in [-0.4, -0.2) is 69.1 Å². The fraction of sp³-hybridized carbons (Fsp3) is 0.250. The van der Waals surface area contributed by atoms with Gasteiger partial charge in [0, 0.05) is 56.7 Å². The number of anilines is 2. The number of hydrogen-bond acceptors (Lipinski definition) is 7. The molecule has 3 amide bonds. The lowest BCUT2D eigenvalue weighted by Crippen LogP contribution is -2.57. The van der Waals surface area contributed by atoms with E-state index in [-0.39, 0.29) is 29.6 Å². The number of nitrogens with one attached hydrogen (secondary N) is 2. The summed E-state index contributed by atoms with van der Waals surface area (Å²) in [6, 6.07) is 17.9. The molecule has 0 bridgehead atoms. The smallest absolute Gasteiger partial charge is 0.321 e. The molecule has 1 fully saturated rings. The third kappa shape index (κ3) is 6.67. The maximum atomic E-state index is 13.1. The highest BCUT2D eigenvalue weighted by molar-refractivity contribution is 6.29. The van der Waals surface area contributed by atoms with Gasteiger partial charge in [0.25, 0.3) is 0 Å². The number of halogens is 1. The Morgan fingerprint density at radius 1 is 1.07 bits per heavy atom. The minimum Gasteiger partial charge on any atom is -0.497 e. The zero-order valence-corrected chi connectivity index (χ0v) is 22.7. The molecular formula is C28H29ClN8O3. The van der Waals surface area contributed by atoms with Gasteiger partial charge in [0.1, 0.15) is 23.0 Å². The predicted octanol–water partition coefficient (Wildman–Crippen LogP) is 3.75. The van der Waals surface area contributed by atoms with E-state index in [1.807, 2.05) is 59.5 Å². The SMILES string of the molecule is COc1cccc(CNC(=O)CC2CN(C(=O)Nc3ccccc3)CCN2c2cc(Cl)nc(-n3ccnc3)n2)c1. The summed E-state index contributed by atoms with van der Waals surface area (Å²) >= 11 is 6.38. The van der Waals surface area contributed by atoms with Gasteiger partial charge in [0.15, 0.2) is 0 Å². The van der Waals surface area contributed by atoms with Crippen LogP contribution in [0, 0.1) is 0 Å². The van der Waals surface area contributed by atoms with E-state index in [0.29, 0.717) is 43.6 Å². The Kier molecular flexibility index (Phi) is 8.41. The number of carbonyl (C=O) groups excluding carboxylic acids is 2. The van der Waals surface area contributed by atoms with Gasteiger partial charge in [-0.3, -0.25) is 9.36 Å². The molecule has 0 saturated carbocycles. The second-order valence-electron chi connectivity index (χ2n) is 9.24. The molecule has 0 radical (unpaired) electrons. The molecule has 206 valence electrons. The zero-order chi connectivity index (χ0) is 27.9. The van der Waals surface area contributed by atoms with Crippen LogP contribution in [0.3, 0.4) is 0 Å². The van der Waals surface area contributed by atoms with Crippen LogP contribution in [0.1, 0.15) is 12.0 Å². The number of amides is 3. The topological polar surface area (TPSA) is 118 Å². The van der Waals surface area contributed by atoms with E-state index < -0.39 is 0 Å². The fourth-order valence-corrected chi connectivity index (χ4v) is 4.72. The lowest BCUT2D eigenvalue weighted by molar-refractivity contribution is -0.121. The van der Waals surface area contributed by atoms with E-state index in [2.05, 4.69) is 20.6 Å². The number of aromatic nitrogens is 4. The number of piperazine rings is 1. The summed E-state index contributed by atoms with van der Waals surface area (Å²) in [6.45, 7) is 1.55. The van der Waals surface area contributed by atoms with Crippen LogP contribution in [0.5, 0.6) is 5.75 Å². The van der Waals surface area contributed by atoms with Gasteiger partial charge in [-0.05, 0) is 29.8 Å². The van der Waals surface area contributed by atoms with E-state index >= 15 is 0 Å². The van der Waals surface area contributed by atoms with Crippen molar-refractivity contribution >= 4 is 35.0 Å². The Morgan fingerprint density at radius 3 is 2.70 bits per heavy atom. The van der Waals surface area contributed by atoms with E-state index in [0.717, 1.165) is 11.3 Å². The summed E-state index contributed by atoms with van der Waals surface area (Å²) in [5.74, 6) is 1.50. The van der Waals surface area contributed by atoms with Gasteiger partial charge < -0.3 is 25.2 Å². The average Bonchev–Trinajstić information content (AvgIpc) is 3.52. The highest BCUT2D eigenvalue weighted by Crippen LogP contribution is 2.25. The summed E-state index contributed by atoms with van der Waals surface area (Å²) < 4.78 is 6.94. The molecule has 40 heavy (non-hydrogen) atoms. The van der Waals surface area contributed by atoms with Gasteiger partial charge in [-0.2, -0.15) is 4.98 Å². The van der Waals surface area contributed by atoms with Gasteiger partial charge >= 0.3 is 6.03 Å². The first-order valence-electron chi connectivity index (χ1n) is 12.8. The first-order valence-corrected chi connectivity index (χ1v) is 13.2. The fourth-order valence-electron chi connectivity index (χ4n) is 4.54. The van der Waals surface area contributed by atoms with E-state index in [4.69, 9.17) is 21.3 Å². The number of ether oxygens (including phenoxy) is 1. The number of rotatable bonds is 8. The molecular weight excluding hydrogens is 532 g/mol. The van der Waals surface area contributed by atoms with Crippen molar-refractivity contribution in [2.45, 2.75) is 19.0 Å². The highest BCUT2D eigenvalue weighted by Gasteiger charge is 2.32. The number of hydrogen-bond donors (Lipinski definition) is 2. The molecule has 2 aromatic carbocycles. The van der Waals surface area contributed by atoms with Crippen molar-refractivity contribution < 1.29 is 14.3 Å². The monoisotopic (exact) mass is 560 g/mol. The molecule has 11 nitrogen and oxygen atoms in total. The van der Waals surface area contributed by atoms with Crippen molar-refractivity contribution in [1.82, 2.24) is 29.7 Å². The van der Waals surface area contributed by atoms with Crippen LogP contribution in [0.25, 0.3) is 5.95 Å². The molecule has 5 rings (SSSR count). The Labute approximate surface area is 236 Å². The molecule has 0 aliphatic carbocycles. The van der Waals surface area contributed by atoms with E-state index in [1.165, 1.54) is 0 Å². The van der Waals surface area contributed by atoms with E-state index in [9.17, 15) is 9.59 Å². The Hall–Kier alpha value is -4.64. The molecule has 0 spiro atoms. The molecule has 2 aromatic heterocycles. The molecule has 12 heteroatoms. The quantitative estimate of drug-likeness (QED) is 0.315. The summed E-state index contributed by atoms with van der Waals surface area (Å²) in [5.41, 5.74) is 1.62. The first kappa shape index (κ1) is 26.9. The zero-order valence-electron chi connectivity index (χ0n) is 21.9. The molecule has 1 aliphatic heterocycles. The summed E-state index contributed by atoms with van der Waals surface area (Å²) in [4.78, 5) is 43.0. The standard InChI is InChI=1S/C28H29ClN8O3/c1-40-23-9-5-6-20(14-23)17-31-26(38)15-22-18-35(28(39)32-21-7-3-2-4-8-21)12-13-37(22)25-16-24(29)33-27(34-25)36-11-10-30-19-36/h2-11,14,16,19,22H,12-13,15,17-18H2,1H3,(H,31,38)(H,32,39). The highest BCUT2D eigenvalue weighted by atomic mass is 35.5. The Balaban J connectivity index is 1.34. The van der Waals surface area contributed by atoms with Gasteiger partial charge in [-0.15, -0.1) is 0 Å². The van der Waals surface area contributed by atoms with Crippen LogP contribution >= 0.6 is 11.6 Å². The Morgan fingerprint density at radius 2 is 1.93 bits per heavy atom. The molecule has 1 atom stereocenters. The maximum absolute atomic E-state index is 13.1. The van der Waals surface area contributed by atoms with Crippen LogP contribution in [0.15, 0.2) is 79.4 Å². The average molecular weight is 561 g/mol. The van der Waals surface area contributed by atoms with Gasteiger partial charge in [0.2, 0.25) is 11.9 Å². The van der Waals surface area contributed by atoms with Crippen molar-refractivity contribution in [1.29, 1.82) is 0 Å². The van der Waals surface area contributed by atoms with Crippen LogP contribution in [-0.2, 0) is 11.3 Å². The van der Waals surface area contributed by atoms with Crippen LogP contribution in [0.4, 0.5) is 16.3 Å². The largest absolute Gasteiger partial charge is 0.497 e. The molecule has 4 aromatic rings. The van der Waals surface area contributed by atoms with Gasteiger partial charge in [0.05, 0.1) is 13.2 Å². The number of carbonyl (C=O) groups is 2. The second-order valence-corrected chi connectivity index (χ2v) is 9.63. The number of imidazole rings is 1. The number of nitrogens with zero attached hydrogens (tertiary/aromatic N) is 6. The summed E-state index contributed by atoms with van der Waals surface area (Å²) in [6.07, 6.45) is 5.08. The number of methoxy groups -OCH3 is 1. The molecule has 3 heterocycles. The van der Waals surface area contributed by atoms with Crippen LogP contribution < -0.4 is 20.3 Å². The normalized spacial score (nSPS) is 15.0. The third-order valence-electron chi connectivity index (χ3n) is 6.54. The summed E-state index contributed by atoms with van der Waals surface area (Å²) in [5, 5.41) is 6.18. The van der Waals surface area contributed by atoms with Crippen molar-refractivity contribution in [3.05, 3.63) is 90.1 Å². The lowest BCUT2D eigenvalue weighted by atomic mass is 10.1. The minimum atomic E-state index is -0.359.